The van der Waals surface area contributed by atoms with Crippen molar-refractivity contribution in [1.82, 2.24) is 24.6 Å². The molecule has 1 N–H and O–H groups in total. The summed E-state index contributed by atoms with van der Waals surface area (Å²) in [6.45, 7) is 6.16. The molecular weight excluding hydrogens is 362 g/mol. The zero-order chi connectivity index (χ0) is 20.1. The molecule has 3 heterocycles. The highest BCUT2D eigenvalue weighted by Gasteiger charge is 2.20. The van der Waals surface area contributed by atoms with Gasteiger partial charge in [-0.3, -0.25) is 4.79 Å². The Morgan fingerprint density at radius 3 is 2.66 bits per heavy atom. The van der Waals surface area contributed by atoms with E-state index in [1.807, 2.05) is 45.9 Å². The fourth-order valence-corrected chi connectivity index (χ4v) is 3.96. The minimum Gasteiger partial charge on any atom is -0.352 e. The molecule has 1 aliphatic rings. The van der Waals surface area contributed by atoms with Gasteiger partial charge in [0.25, 0.3) is 5.91 Å². The van der Waals surface area contributed by atoms with Crippen LogP contribution >= 0.6 is 0 Å². The molecule has 0 spiro atoms. The number of piperidine rings is 1. The second-order valence-electron chi connectivity index (χ2n) is 7.73. The Morgan fingerprint density at radius 2 is 1.90 bits per heavy atom. The maximum atomic E-state index is 12.9. The van der Waals surface area contributed by atoms with Crippen LogP contribution in [0.2, 0.25) is 0 Å². The largest absolute Gasteiger partial charge is 0.352 e. The number of likely N-dealkylation sites (tertiary alicyclic amines) is 1. The number of carbonyl (C=O) groups is 1. The molecule has 1 saturated heterocycles. The van der Waals surface area contributed by atoms with Crippen LogP contribution in [-0.4, -0.2) is 51.3 Å². The van der Waals surface area contributed by atoms with Crippen molar-refractivity contribution in [2.45, 2.75) is 32.6 Å². The quantitative estimate of drug-likeness (QED) is 0.627. The van der Waals surface area contributed by atoms with Gasteiger partial charge in [-0.05, 0) is 75.6 Å². The van der Waals surface area contributed by atoms with Crippen LogP contribution in [0.15, 0.2) is 55.0 Å². The van der Waals surface area contributed by atoms with Crippen molar-refractivity contribution in [3.05, 3.63) is 66.1 Å². The van der Waals surface area contributed by atoms with Gasteiger partial charge >= 0.3 is 0 Å². The first-order chi connectivity index (χ1) is 14.2. The molecule has 0 atom stereocenters. The minimum atomic E-state index is -0.0775. The fraction of sp³-hybridized carbons (Fsp3) is 0.391. The van der Waals surface area contributed by atoms with E-state index in [0.717, 1.165) is 30.0 Å². The van der Waals surface area contributed by atoms with E-state index in [9.17, 15) is 4.79 Å². The van der Waals surface area contributed by atoms with Crippen LogP contribution in [0.1, 0.15) is 41.6 Å². The fourth-order valence-electron chi connectivity index (χ4n) is 3.96. The molecule has 1 aliphatic heterocycles. The van der Waals surface area contributed by atoms with Crippen molar-refractivity contribution in [3.63, 3.8) is 0 Å². The third-order valence-corrected chi connectivity index (χ3v) is 5.47. The molecule has 0 saturated carbocycles. The Hall–Kier alpha value is -2.86. The number of aryl methyl sites for hydroxylation is 1. The average molecular weight is 392 g/mol. The number of nitrogens with one attached hydrogen (secondary N) is 1. The Morgan fingerprint density at radius 1 is 1.10 bits per heavy atom. The zero-order valence-corrected chi connectivity index (χ0v) is 17.1. The lowest BCUT2D eigenvalue weighted by molar-refractivity contribution is 0.0951. The summed E-state index contributed by atoms with van der Waals surface area (Å²) in [5.41, 5.74) is 2.68. The molecule has 0 bridgehead atoms. The Bertz CT molecular complexity index is 938. The number of aromatic nitrogens is 3. The van der Waals surface area contributed by atoms with Crippen LogP contribution in [-0.2, 0) is 0 Å². The summed E-state index contributed by atoms with van der Waals surface area (Å²) in [6, 6.07) is 12.0. The van der Waals surface area contributed by atoms with Crippen LogP contribution in [0.4, 0.5) is 0 Å². The van der Waals surface area contributed by atoms with E-state index in [0.29, 0.717) is 12.1 Å². The molecular formula is C23H29N5O. The predicted octanol–water partition coefficient (Wildman–Crippen LogP) is 3.58. The maximum absolute atomic E-state index is 12.9. The molecule has 3 aromatic rings. The van der Waals surface area contributed by atoms with E-state index in [2.05, 4.69) is 34.4 Å². The van der Waals surface area contributed by atoms with Gasteiger partial charge < -0.3 is 14.8 Å². The van der Waals surface area contributed by atoms with Gasteiger partial charge in [0.15, 0.2) is 5.82 Å². The SMILES string of the molecule is Cc1cccc(-n2ncc(C(=O)NCCCN3CCCCC3)c2-n2cccc2)c1. The number of benzene rings is 1. The van der Waals surface area contributed by atoms with Crippen LogP contribution in [0.25, 0.3) is 11.5 Å². The zero-order valence-electron chi connectivity index (χ0n) is 17.1. The Labute approximate surface area is 172 Å². The molecule has 0 radical (unpaired) electrons. The van der Waals surface area contributed by atoms with Crippen molar-refractivity contribution in [1.29, 1.82) is 0 Å². The van der Waals surface area contributed by atoms with Gasteiger partial charge in [0.2, 0.25) is 0 Å². The monoisotopic (exact) mass is 391 g/mol. The second kappa shape index (κ2) is 9.09. The first kappa shape index (κ1) is 19.5. The van der Waals surface area contributed by atoms with E-state index in [1.54, 1.807) is 6.20 Å². The van der Waals surface area contributed by atoms with Crippen molar-refractivity contribution in [2.75, 3.05) is 26.2 Å². The number of carbonyl (C=O) groups excluding carboxylic acids is 1. The molecule has 0 unspecified atom stereocenters. The molecule has 29 heavy (non-hydrogen) atoms. The summed E-state index contributed by atoms with van der Waals surface area (Å²) in [4.78, 5) is 15.4. The normalized spacial score (nSPS) is 14.8. The lowest BCUT2D eigenvalue weighted by atomic mass is 10.1. The highest BCUT2D eigenvalue weighted by Crippen LogP contribution is 2.20. The van der Waals surface area contributed by atoms with E-state index < -0.39 is 0 Å². The average Bonchev–Trinajstić information content (AvgIpc) is 3.41. The Balaban J connectivity index is 1.48. The van der Waals surface area contributed by atoms with Crippen molar-refractivity contribution >= 4 is 5.91 Å². The van der Waals surface area contributed by atoms with E-state index in [-0.39, 0.29) is 5.91 Å². The number of rotatable bonds is 7. The van der Waals surface area contributed by atoms with E-state index >= 15 is 0 Å². The number of amides is 1. The van der Waals surface area contributed by atoms with Gasteiger partial charge in [0.05, 0.1) is 11.9 Å². The van der Waals surface area contributed by atoms with Gasteiger partial charge in [-0.15, -0.1) is 0 Å². The predicted molar refractivity (Wildman–Crippen MR) is 115 cm³/mol. The van der Waals surface area contributed by atoms with Crippen LogP contribution in [0.5, 0.6) is 0 Å². The molecule has 6 nitrogen and oxygen atoms in total. The van der Waals surface area contributed by atoms with E-state index in [4.69, 9.17) is 0 Å². The maximum Gasteiger partial charge on any atom is 0.256 e. The van der Waals surface area contributed by atoms with Gasteiger partial charge in [-0.2, -0.15) is 5.10 Å². The highest BCUT2D eigenvalue weighted by molar-refractivity contribution is 5.97. The molecule has 0 aliphatic carbocycles. The first-order valence-corrected chi connectivity index (χ1v) is 10.5. The summed E-state index contributed by atoms with van der Waals surface area (Å²) in [5.74, 6) is 0.681. The topological polar surface area (TPSA) is 55.1 Å². The molecule has 1 amide bonds. The van der Waals surface area contributed by atoms with Crippen LogP contribution in [0, 0.1) is 6.92 Å². The Kier molecular flexibility index (Phi) is 6.10. The minimum absolute atomic E-state index is 0.0775. The van der Waals surface area contributed by atoms with Crippen LogP contribution in [0.3, 0.4) is 0 Å². The molecule has 2 aromatic heterocycles. The van der Waals surface area contributed by atoms with Crippen molar-refractivity contribution in [3.8, 4) is 11.5 Å². The lowest BCUT2D eigenvalue weighted by Crippen LogP contribution is -2.33. The number of nitrogens with zero attached hydrogens (tertiary/aromatic N) is 4. The highest BCUT2D eigenvalue weighted by atomic mass is 16.1. The van der Waals surface area contributed by atoms with Crippen molar-refractivity contribution < 1.29 is 4.79 Å². The summed E-state index contributed by atoms with van der Waals surface area (Å²) >= 11 is 0. The number of hydrogen-bond donors (Lipinski definition) is 1. The summed E-state index contributed by atoms with van der Waals surface area (Å²) < 4.78 is 3.77. The van der Waals surface area contributed by atoms with Gasteiger partial charge in [-0.1, -0.05) is 18.6 Å². The summed E-state index contributed by atoms with van der Waals surface area (Å²) in [5, 5.41) is 7.62. The standard InChI is InChI=1S/C23H29N5O/c1-19-9-7-10-20(17-19)28-23(27-15-5-6-16-27)21(18-25-28)22(29)24-11-8-14-26-12-3-2-4-13-26/h5-7,9-10,15-18H,2-4,8,11-14H2,1H3,(H,24,29). The molecule has 1 fully saturated rings. The van der Waals surface area contributed by atoms with Gasteiger partial charge in [-0.25, -0.2) is 4.68 Å². The second-order valence-corrected chi connectivity index (χ2v) is 7.73. The van der Waals surface area contributed by atoms with Crippen molar-refractivity contribution in [2.24, 2.45) is 0 Å². The molecule has 1 aromatic carbocycles. The molecule has 4 rings (SSSR count). The van der Waals surface area contributed by atoms with Crippen LogP contribution < -0.4 is 5.32 Å². The smallest absolute Gasteiger partial charge is 0.256 e. The van der Waals surface area contributed by atoms with Gasteiger partial charge in [0.1, 0.15) is 5.56 Å². The third-order valence-electron chi connectivity index (χ3n) is 5.47. The first-order valence-electron chi connectivity index (χ1n) is 10.5. The molecule has 6 heteroatoms. The third kappa shape index (κ3) is 4.59. The lowest BCUT2D eigenvalue weighted by Gasteiger charge is -2.26. The summed E-state index contributed by atoms with van der Waals surface area (Å²) in [6.07, 6.45) is 10.5. The number of hydrogen-bond acceptors (Lipinski definition) is 3. The molecule has 152 valence electrons. The van der Waals surface area contributed by atoms with Gasteiger partial charge in [0, 0.05) is 18.9 Å². The van der Waals surface area contributed by atoms with E-state index in [1.165, 1.54) is 32.4 Å². The summed E-state index contributed by atoms with van der Waals surface area (Å²) in [7, 11) is 0.